The van der Waals surface area contributed by atoms with Gasteiger partial charge in [-0.15, -0.1) is 0 Å². The van der Waals surface area contributed by atoms with Gasteiger partial charge in [0.05, 0.1) is 5.56 Å². The molecule has 0 radical (unpaired) electrons. The van der Waals surface area contributed by atoms with E-state index in [1.54, 1.807) is 0 Å². The molecule has 0 spiro atoms. The molecule has 0 saturated heterocycles. The second-order valence-electron chi connectivity index (χ2n) is 5.92. The van der Waals surface area contributed by atoms with Crippen molar-refractivity contribution in [3.8, 4) is 11.5 Å². The fourth-order valence-electron chi connectivity index (χ4n) is 2.93. The van der Waals surface area contributed by atoms with Crippen molar-refractivity contribution in [2.24, 2.45) is 0 Å². The lowest BCUT2D eigenvalue weighted by atomic mass is 9.97. The molecule has 0 aromatic heterocycles. The maximum absolute atomic E-state index is 14.0. The van der Waals surface area contributed by atoms with Crippen LogP contribution in [0, 0.1) is 17.5 Å². The first-order chi connectivity index (χ1) is 12.9. The Morgan fingerprint density at radius 2 is 1.22 bits per heavy atom. The summed E-state index contributed by atoms with van der Waals surface area (Å²) in [5, 5.41) is 9.10. The Morgan fingerprint density at radius 3 is 1.67 bits per heavy atom. The summed E-state index contributed by atoms with van der Waals surface area (Å²) in [6.07, 6.45) is 0. The van der Waals surface area contributed by atoms with E-state index >= 15 is 0 Å². The van der Waals surface area contributed by atoms with E-state index in [0.717, 1.165) is 12.1 Å². The van der Waals surface area contributed by atoms with Gasteiger partial charge in [0, 0.05) is 23.3 Å². The molecule has 1 aliphatic heterocycles. The van der Waals surface area contributed by atoms with Crippen molar-refractivity contribution < 1.29 is 32.5 Å². The molecule has 1 heterocycles. The lowest BCUT2D eigenvalue weighted by Crippen LogP contribution is -2.36. The number of hydrogen-bond donors (Lipinski definition) is 1. The van der Waals surface area contributed by atoms with E-state index in [0.29, 0.717) is 11.1 Å². The molecular weight excluding hydrogens is 361 g/mol. The summed E-state index contributed by atoms with van der Waals surface area (Å²) >= 11 is 0. The third-order valence-electron chi connectivity index (χ3n) is 4.22. The van der Waals surface area contributed by atoms with Crippen molar-refractivity contribution in [2.45, 2.75) is 5.79 Å². The minimum Gasteiger partial charge on any atom is -0.478 e. The number of aromatic carboxylic acids is 1. The van der Waals surface area contributed by atoms with E-state index in [1.807, 2.05) is 0 Å². The van der Waals surface area contributed by atoms with Gasteiger partial charge < -0.3 is 14.6 Å². The number of fused-ring (bicyclic) bond motifs is 1. The van der Waals surface area contributed by atoms with Gasteiger partial charge in [-0.3, -0.25) is 0 Å². The number of benzene rings is 3. The number of hydrogen-bond acceptors (Lipinski definition) is 3. The second-order valence-corrected chi connectivity index (χ2v) is 5.92. The highest BCUT2D eigenvalue weighted by Crippen LogP contribution is 2.48. The molecule has 0 saturated carbocycles. The minimum atomic E-state index is -1.65. The van der Waals surface area contributed by atoms with Gasteiger partial charge in [-0.05, 0) is 48.5 Å². The van der Waals surface area contributed by atoms with E-state index < -0.39 is 34.8 Å². The number of rotatable bonds is 3. The van der Waals surface area contributed by atoms with Crippen LogP contribution in [0.3, 0.4) is 0 Å². The third-order valence-corrected chi connectivity index (χ3v) is 4.22. The number of carboxylic acids is 1. The normalized spacial score (nSPS) is 14.2. The van der Waals surface area contributed by atoms with Gasteiger partial charge in [0.1, 0.15) is 17.5 Å². The van der Waals surface area contributed by atoms with E-state index in [4.69, 9.17) is 14.6 Å². The van der Waals surface area contributed by atoms with E-state index in [-0.39, 0.29) is 11.5 Å². The first kappa shape index (κ1) is 17.0. The number of carbonyl (C=O) groups is 1. The summed E-state index contributed by atoms with van der Waals surface area (Å²) in [5.41, 5.74) is 0.152. The molecule has 27 heavy (non-hydrogen) atoms. The standard InChI is InChI=1S/C20H11F3O4/c21-13-5-1-11(2-6-13)20(12-3-7-14(22)8-4-12)26-17-9-15(19(24)25)16(23)10-18(17)27-20/h1-10H,(H,24,25). The number of carboxylic acid groups (broad SMARTS) is 1. The Labute approximate surface area is 151 Å². The van der Waals surface area contributed by atoms with Crippen molar-refractivity contribution >= 4 is 5.97 Å². The molecule has 0 amide bonds. The average molecular weight is 372 g/mol. The van der Waals surface area contributed by atoms with Gasteiger partial charge in [0.15, 0.2) is 11.5 Å². The minimum absolute atomic E-state index is 0.00227. The molecule has 3 aromatic rings. The topological polar surface area (TPSA) is 55.8 Å². The van der Waals surface area contributed by atoms with Crippen molar-refractivity contribution in [2.75, 3.05) is 0 Å². The Kier molecular flexibility index (Phi) is 3.80. The largest absolute Gasteiger partial charge is 0.478 e. The van der Waals surface area contributed by atoms with Crippen LogP contribution < -0.4 is 9.47 Å². The molecule has 0 bridgehead atoms. The fourth-order valence-corrected chi connectivity index (χ4v) is 2.93. The fraction of sp³-hybridized carbons (Fsp3) is 0.0500. The van der Waals surface area contributed by atoms with Crippen LogP contribution in [0.2, 0.25) is 0 Å². The molecule has 0 fully saturated rings. The van der Waals surface area contributed by atoms with Crippen LogP contribution >= 0.6 is 0 Å². The third kappa shape index (κ3) is 2.77. The van der Waals surface area contributed by atoms with Crippen LogP contribution in [0.4, 0.5) is 13.2 Å². The quantitative estimate of drug-likeness (QED) is 0.737. The Hall–Kier alpha value is -3.48. The summed E-state index contributed by atoms with van der Waals surface area (Å²) in [5.74, 6) is -5.08. The van der Waals surface area contributed by atoms with E-state index in [2.05, 4.69) is 0 Å². The molecular formula is C20H11F3O4. The van der Waals surface area contributed by atoms with Crippen molar-refractivity contribution in [1.29, 1.82) is 0 Å². The van der Waals surface area contributed by atoms with Gasteiger partial charge in [-0.2, -0.15) is 0 Å². The van der Waals surface area contributed by atoms with Crippen LogP contribution in [0.1, 0.15) is 21.5 Å². The zero-order chi connectivity index (χ0) is 19.2. The molecule has 1 N–H and O–H groups in total. The lowest BCUT2D eigenvalue weighted by Gasteiger charge is -2.28. The summed E-state index contributed by atoms with van der Waals surface area (Å²) in [4.78, 5) is 11.2. The summed E-state index contributed by atoms with van der Waals surface area (Å²) in [6, 6.07) is 12.4. The molecule has 3 aromatic carbocycles. The second kappa shape index (κ2) is 6.05. The molecule has 7 heteroatoms. The maximum Gasteiger partial charge on any atom is 0.338 e. The van der Waals surface area contributed by atoms with Crippen molar-refractivity contribution in [3.63, 3.8) is 0 Å². The molecule has 1 aliphatic rings. The van der Waals surface area contributed by atoms with Crippen LogP contribution in [-0.4, -0.2) is 11.1 Å². The first-order valence-electron chi connectivity index (χ1n) is 7.86. The van der Waals surface area contributed by atoms with Gasteiger partial charge in [-0.1, -0.05) is 0 Å². The Balaban J connectivity index is 1.89. The lowest BCUT2D eigenvalue weighted by molar-refractivity contribution is -0.0460. The monoisotopic (exact) mass is 372 g/mol. The van der Waals surface area contributed by atoms with Crippen molar-refractivity contribution in [3.05, 3.63) is 94.8 Å². The van der Waals surface area contributed by atoms with Crippen LogP contribution in [0.5, 0.6) is 11.5 Å². The molecule has 4 rings (SSSR count). The summed E-state index contributed by atoms with van der Waals surface area (Å²) < 4.78 is 52.5. The highest BCUT2D eigenvalue weighted by Gasteiger charge is 2.46. The number of halogens is 3. The molecule has 0 unspecified atom stereocenters. The van der Waals surface area contributed by atoms with Crippen LogP contribution in [-0.2, 0) is 5.79 Å². The highest BCUT2D eigenvalue weighted by molar-refractivity contribution is 5.89. The molecule has 4 nitrogen and oxygen atoms in total. The van der Waals surface area contributed by atoms with Gasteiger partial charge in [0.25, 0.3) is 0 Å². The smallest absolute Gasteiger partial charge is 0.338 e. The SMILES string of the molecule is O=C(O)c1cc2c(cc1F)OC(c1ccc(F)cc1)(c1ccc(F)cc1)O2. The van der Waals surface area contributed by atoms with E-state index in [9.17, 15) is 18.0 Å². The first-order valence-corrected chi connectivity index (χ1v) is 7.86. The van der Waals surface area contributed by atoms with E-state index in [1.165, 1.54) is 48.5 Å². The predicted molar refractivity (Wildman–Crippen MR) is 88.2 cm³/mol. The zero-order valence-corrected chi connectivity index (χ0v) is 13.6. The van der Waals surface area contributed by atoms with Crippen LogP contribution in [0.15, 0.2) is 60.7 Å². The molecule has 136 valence electrons. The predicted octanol–water partition coefficient (Wildman–Crippen LogP) is 4.47. The molecule has 0 atom stereocenters. The van der Waals surface area contributed by atoms with Gasteiger partial charge >= 0.3 is 11.8 Å². The summed E-state index contributed by atoms with van der Waals surface area (Å²) in [7, 11) is 0. The average Bonchev–Trinajstić information content (AvgIpc) is 3.01. The summed E-state index contributed by atoms with van der Waals surface area (Å²) in [6.45, 7) is 0. The molecule has 0 aliphatic carbocycles. The van der Waals surface area contributed by atoms with Gasteiger partial charge in [0.2, 0.25) is 0 Å². The zero-order valence-electron chi connectivity index (χ0n) is 13.6. The maximum atomic E-state index is 14.0. The van der Waals surface area contributed by atoms with Gasteiger partial charge in [-0.25, -0.2) is 18.0 Å². The Bertz CT molecular complexity index is 985. The highest BCUT2D eigenvalue weighted by atomic mass is 19.1. The van der Waals surface area contributed by atoms with Crippen LogP contribution in [0.25, 0.3) is 0 Å². The number of ether oxygens (including phenoxy) is 2. The Morgan fingerprint density at radius 1 is 0.778 bits per heavy atom. The van der Waals surface area contributed by atoms with Crippen molar-refractivity contribution in [1.82, 2.24) is 0 Å².